The van der Waals surface area contributed by atoms with E-state index in [1.807, 2.05) is 6.92 Å². The zero-order valence-corrected chi connectivity index (χ0v) is 10.3. The van der Waals surface area contributed by atoms with Gasteiger partial charge in [-0.25, -0.2) is 12.7 Å². The van der Waals surface area contributed by atoms with Crippen LogP contribution in [0.15, 0.2) is 4.99 Å². The quantitative estimate of drug-likeness (QED) is 0.359. The van der Waals surface area contributed by atoms with E-state index in [-0.39, 0.29) is 0 Å². The van der Waals surface area contributed by atoms with Crippen molar-refractivity contribution in [3.05, 3.63) is 0 Å². The van der Waals surface area contributed by atoms with E-state index in [1.165, 1.54) is 10.6 Å². The van der Waals surface area contributed by atoms with Crippen LogP contribution in [-0.4, -0.2) is 51.6 Å². The summed E-state index contributed by atoms with van der Waals surface area (Å²) in [4.78, 5) is 3.73. The number of aliphatic imine (C=N–C) groups is 1. The lowest BCUT2D eigenvalue weighted by Gasteiger charge is -2.17. The van der Waals surface area contributed by atoms with Crippen LogP contribution in [-0.2, 0) is 10.0 Å². The zero-order chi connectivity index (χ0) is 11.9. The van der Waals surface area contributed by atoms with Crippen molar-refractivity contribution in [3.8, 4) is 0 Å². The van der Waals surface area contributed by atoms with Gasteiger partial charge in [-0.2, -0.15) is 0 Å². The molecule has 15 heavy (non-hydrogen) atoms. The summed E-state index contributed by atoms with van der Waals surface area (Å²) in [5.41, 5.74) is 5.42. The van der Waals surface area contributed by atoms with Crippen LogP contribution in [0.3, 0.4) is 0 Å². The summed E-state index contributed by atoms with van der Waals surface area (Å²) in [6.07, 6.45) is 1.92. The predicted molar refractivity (Wildman–Crippen MR) is 62.3 cm³/mol. The summed E-state index contributed by atoms with van der Waals surface area (Å²) in [6, 6.07) is 0. The maximum atomic E-state index is 11.2. The maximum Gasteiger partial charge on any atom is 0.211 e. The molecule has 0 aliphatic carbocycles. The van der Waals surface area contributed by atoms with Crippen molar-refractivity contribution in [2.24, 2.45) is 10.7 Å². The van der Waals surface area contributed by atoms with Gasteiger partial charge in [-0.05, 0) is 6.42 Å². The summed E-state index contributed by atoms with van der Waals surface area (Å²) in [5, 5.41) is 2.87. The first-order chi connectivity index (χ1) is 6.91. The normalized spacial score (nSPS) is 13.2. The van der Waals surface area contributed by atoms with Crippen molar-refractivity contribution in [1.29, 1.82) is 0 Å². The summed E-state index contributed by atoms with van der Waals surface area (Å²) >= 11 is 0. The number of nitrogens with two attached hydrogens (primary N) is 1. The Morgan fingerprint density at radius 3 is 2.53 bits per heavy atom. The highest BCUT2D eigenvalue weighted by molar-refractivity contribution is 7.88. The third kappa shape index (κ3) is 6.29. The van der Waals surface area contributed by atoms with Crippen LogP contribution < -0.4 is 11.1 Å². The Balaban J connectivity index is 3.85. The Morgan fingerprint density at radius 2 is 2.13 bits per heavy atom. The lowest BCUT2D eigenvalue weighted by atomic mass is 10.4. The van der Waals surface area contributed by atoms with Gasteiger partial charge in [-0.1, -0.05) is 6.92 Å². The summed E-state index contributed by atoms with van der Waals surface area (Å²) < 4.78 is 23.8. The summed E-state index contributed by atoms with van der Waals surface area (Å²) in [6.45, 7) is 3.43. The van der Waals surface area contributed by atoms with Gasteiger partial charge in [0.1, 0.15) is 0 Å². The number of guanidine groups is 1. The number of sulfonamides is 1. The second kappa shape index (κ2) is 6.62. The van der Waals surface area contributed by atoms with E-state index >= 15 is 0 Å². The smallest absolute Gasteiger partial charge is 0.211 e. The molecule has 0 aliphatic heterocycles. The molecule has 0 bridgehead atoms. The number of hydrogen-bond donors (Lipinski definition) is 2. The molecule has 6 nitrogen and oxygen atoms in total. The van der Waals surface area contributed by atoms with Gasteiger partial charge < -0.3 is 11.1 Å². The van der Waals surface area contributed by atoms with Gasteiger partial charge >= 0.3 is 0 Å². The van der Waals surface area contributed by atoms with Gasteiger partial charge in [0.15, 0.2) is 5.96 Å². The minimum absolute atomic E-state index is 0.373. The maximum absolute atomic E-state index is 11.2. The van der Waals surface area contributed by atoms with Crippen LogP contribution >= 0.6 is 0 Å². The Kier molecular flexibility index (Phi) is 6.26. The first-order valence-electron chi connectivity index (χ1n) is 4.83. The largest absolute Gasteiger partial charge is 0.370 e. The van der Waals surface area contributed by atoms with Gasteiger partial charge in [0, 0.05) is 26.7 Å². The van der Waals surface area contributed by atoms with Crippen LogP contribution in [0.25, 0.3) is 0 Å². The lowest BCUT2D eigenvalue weighted by molar-refractivity contribution is 0.424. The molecular formula is C8H20N4O2S. The molecule has 0 saturated carbocycles. The molecule has 0 saturated heterocycles. The molecule has 0 atom stereocenters. The number of nitrogens with one attached hydrogen (secondary N) is 1. The van der Waals surface area contributed by atoms with Gasteiger partial charge in [-0.15, -0.1) is 0 Å². The standard InChI is InChI=1S/C8H20N4O2S/c1-4-12(15(3,13)14)7-5-6-11-8(9)10-2/h4-7H2,1-3H3,(H3,9,10,11). The molecule has 0 heterocycles. The molecule has 3 N–H and O–H groups in total. The fourth-order valence-corrected chi connectivity index (χ4v) is 2.04. The molecule has 0 radical (unpaired) electrons. The third-order valence-corrected chi connectivity index (χ3v) is 3.33. The van der Waals surface area contributed by atoms with Gasteiger partial charge in [0.25, 0.3) is 0 Å². The highest BCUT2D eigenvalue weighted by atomic mass is 32.2. The first-order valence-corrected chi connectivity index (χ1v) is 6.68. The van der Waals surface area contributed by atoms with Gasteiger partial charge in [0.05, 0.1) is 6.26 Å². The second-order valence-corrected chi connectivity index (χ2v) is 5.13. The molecule has 0 aromatic carbocycles. The zero-order valence-electron chi connectivity index (χ0n) is 9.52. The number of rotatable bonds is 6. The van der Waals surface area contributed by atoms with Crippen LogP contribution in [0.5, 0.6) is 0 Å². The van der Waals surface area contributed by atoms with E-state index < -0.39 is 10.0 Å². The van der Waals surface area contributed by atoms with E-state index in [9.17, 15) is 8.42 Å². The molecule has 0 unspecified atom stereocenters. The molecule has 0 aliphatic rings. The van der Waals surface area contributed by atoms with Crippen molar-refractivity contribution >= 4 is 16.0 Å². The average Bonchev–Trinajstić information content (AvgIpc) is 2.15. The predicted octanol–water partition coefficient (Wildman–Crippen LogP) is -0.808. The Hall–Kier alpha value is -0.820. The van der Waals surface area contributed by atoms with Gasteiger partial charge in [-0.3, -0.25) is 4.99 Å². The molecule has 0 amide bonds. The lowest BCUT2D eigenvalue weighted by Crippen LogP contribution is -2.36. The topological polar surface area (TPSA) is 87.8 Å². The van der Waals surface area contributed by atoms with Crippen molar-refractivity contribution < 1.29 is 8.42 Å². The van der Waals surface area contributed by atoms with Crippen LogP contribution in [0.2, 0.25) is 0 Å². The molecule has 7 heteroatoms. The fourth-order valence-electron chi connectivity index (χ4n) is 1.11. The molecule has 0 fully saturated rings. The molecule has 90 valence electrons. The van der Waals surface area contributed by atoms with Crippen molar-refractivity contribution in [2.45, 2.75) is 13.3 Å². The highest BCUT2D eigenvalue weighted by Crippen LogP contribution is 1.97. The highest BCUT2D eigenvalue weighted by Gasteiger charge is 2.12. The van der Waals surface area contributed by atoms with Crippen LogP contribution in [0, 0.1) is 0 Å². The Bertz CT molecular complexity index is 300. The van der Waals surface area contributed by atoms with Crippen molar-refractivity contribution in [2.75, 3.05) is 32.9 Å². The van der Waals surface area contributed by atoms with E-state index in [0.717, 1.165) is 0 Å². The van der Waals surface area contributed by atoms with Crippen LogP contribution in [0.4, 0.5) is 0 Å². The molecule has 0 aromatic rings. The van der Waals surface area contributed by atoms with Crippen LogP contribution in [0.1, 0.15) is 13.3 Å². The SMILES string of the molecule is CCN(CCCNC(N)=NC)S(C)(=O)=O. The van der Waals surface area contributed by atoms with Gasteiger partial charge in [0.2, 0.25) is 10.0 Å². The monoisotopic (exact) mass is 236 g/mol. The molecular weight excluding hydrogens is 216 g/mol. The third-order valence-electron chi connectivity index (χ3n) is 1.95. The van der Waals surface area contributed by atoms with E-state index in [4.69, 9.17) is 5.73 Å². The Labute approximate surface area is 91.6 Å². The van der Waals surface area contributed by atoms with Crippen molar-refractivity contribution in [1.82, 2.24) is 9.62 Å². The average molecular weight is 236 g/mol. The molecule has 0 spiro atoms. The minimum atomic E-state index is -3.08. The number of nitrogens with zero attached hydrogens (tertiary/aromatic N) is 2. The Morgan fingerprint density at radius 1 is 1.53 bits per heavy atom. The summed E-state index contributed by atoms with van der Waals surface area (Å²) in [7, 11) is -1.48. The molecule has 0 aromatic heterocycles. The van der Waals surface area contributed by atoms with Crippen molar-refractivity contribution in [3.63, 3.8) is 0 Å². The molecule has 0 rings (SSSR count). The fraction of sp³-hybridized carbons (Fsp3) is 0.875. The summed E-state index contributed by atoms with van der Waals surface area (Å²) in [5.74, 6) is 0.373. The van der Waals surface area contributed by atoms with E-state index in [0.29, 0.717) is 32.0 Å². The first kappa shape index (κ1) is 14.2. The minimum Gasteiger partial charge on any atom is -0.370 e. The van der Waals surface area contributed by atoms with E-state index in [1.54, 1.807) is 7.05 Å². The second-order valence-electron chi connectivity index (χ2n) is 3.14. The number of hydrogen-bond acceptors (Lipinski definition) is 3. The van der Waals surface area contributed by atoms with E-state index in [2.05, 4.69) is 10.3 Å².